The Balaban J connectivity index is 1.50. The largest absolute Gasteiger partial charge is 0.357 e. The van der Waals surface area contributed by atoms with E-state index in [1.54, 1.807) is 6.20 Å². The van der Waals surface area contributed by atoms with Crippen molar-refractivity contribution in [3.8, 4) is 0 Å². The summed E-state index contributed by atoms with van der Waals surface area (Å²) in [6.07, 6.45) is 4.24. The van der Waals surface area contributed by atoms with Crippen LogP contribution in [-0.4, -0.2) is 38.9 Å². The van der Waals surface area contributed by atoms with E-state index < -0.39 is 10.0 Å². The molecule has 0 bridgehead atoms. The van der Waals surface area contributed by atoms with Gasteiger partial charge in [0.25, 0.3) is 0 Å². The van der Waals surface area contributed by atoms with Crippen molar-refractivity contribution in [2.24, 2.45) is 5.92 Å². The van der Waals surface area contributed by atoms with Crippen LogP contribution in [0.25, 0.3) is 0 Å². The molecule has 2 heterocycles. The van der Waals surface area contributed by atoms with Gasteiger partial charge in [0.05, 0.1) is 4.90 Å². The fourth-order valence-electron chi connectivity index (χ4n) is 4.47. The molecular formula is C26H38N4O3S. The van der Waals surface area contributed by atoms with Crippen LogP contribution in [0.4, 0.5) is 5.82 Å². The van der Waals surface area contributed by atoms with Crippen molar-refractivity contribution < 1.29 is 13.2 Å². The summed E-state index contributed by atoms with van der Waals surface area (Å²) in [5.41, 5.74) is 5.51. The lowest BCUT2D eigenvalue weighted by Crippen LogP contribution is -2.33. The van der Waals surface area contributed by atoms with Crippen molar-refractivity contribution in [1.29, 1.82) is 0 Å². The number of carbonyl (C=O) groups is 1. The number of pyridine rings is 1. The van der Waals surface area contributed by atoms with Crippen LogP contribution >= 0.6 is 0 Å². The van der Waals surface area contributed by atoms with Crippen LogP contribution in [0.1, 0.15) is 59.6 Å². The molecule has 34 heavy (non-hydrogen) atoms. The molecule has 1 fully saturated rings. The molecule has 0 unspecified atom stereocenters. The van der Waals surface area contributed by atoms with Gasteiger partial charge in [0.15, 0.2) is 0 Å². The van der Waals surface area contributed by atoms with E-state index in [-0.39, 0.29) is 18.9 Å². The monoisotopic (exact) mass is 486 g/mol. The van der Waals surface area contributed by atoms with E-state index in [4.69, 9.17) is 0 Å². The summed E-state index contributed by atoms with van der Waals surface area (Å²) in [5.74, 6) is 1.54. The molecule has 7 nitrogen and oxygen atoms in total. The van der Waals surface area contributed by atoms with Gasteiger partial charge >= 0.3 is 0 Å². The van der Waals surface area contributed by atoms with Gasteiger partial charge in [0.1, 0.15) is 5.82 Å². The summed E-state index contributed by atoms with van der Waals surface area (Å²) >= 11 is 0. The minimum atomic E-state index is -3.71. The molecule has 0 spiro atoms. The van der Waals surface area contributed by atoms with Crippen LogP contribution < -0.4 is 14.9 Å². The van der Waals surface area contributed by atoms with Gasteiger partial charge in [0.2, 0.25) is 15.9 Å². The summed E-state index contributed by atoms with van der Waals surface area (Å²) < 4.78 is 28.6. The highest BCUT2D eigenvalue weighted by molar-refractivity contribution is 7.89. The van der Waals surface area contributed by atoms with E-state index in [0.29, 0.717) is 11.4 Å². The Hall–Kier alpha value is -2.45. The molecule has 8 heteroatoms. The first-order valence-electron chi connectivity index (χ1n) is 12.0. The molecule has 1 aliphatic heterocycles. The first kappa shape index (κ1) is 26.2. The molecule has 3 rings (SSSR count). The zero-order valence-corrected chi connectivity index (χ0v) is 22.1. The van der Waals surface area contributed by atoms with Crippen molar-refractivity contribution >= 4 is 21.7 Å². The molecule has 186 valence electrons. The molecule has 1 amide bonds. The number of hydrogen-bond acceptors (Lipinski definition) is 5. The zero-order valence-electron chi connectivity index (χ0n) is 21.3. The first-order chi connectivity index (χ1) is 16.0. The average Bonchev–Trinajstić information content (AvgIpc) is 2.81. The van der Waals surface area contributed by atoms with Crippen LogP contribution in [0, 0.1) is 40.5 Å². The van der Waals surface area contributed by atoms with Gasteiger partial charge < -0.3 is 10.2 Å². The second kappa shape index (κ2) is 10.9. The Morgan fingerprint density at radius 3 is 2.15 bits per heavy atom. The van der Waals surface area contributed by atoms with E-state index in [0.717, 1.165) is 58.2 Å². The quantitative estimate of drug-likeness (QED) is 0.592. The number of anilines is 1. The van der Waals surface area contributed by atoms with Gasteiger partial charge in [-0.2, -0.15) is 0 Å². The summed E-state index contributed by atoms with van der Waals surface area (Å²) in [6.45, 7) is 14.3. The van der Waals surface area contributed by atoms with Gasteiger partial charge in [-0.15, -0.1) is 0 Å². The van der Waals surface area contributed by atoms with Crippen molar-refractivity contribution in [1.82, 2.24) is 15.0 Å². The molecule has 0 saturated carbocycles. The molecular weight excluding hydrogens is 448 g/mol. The van der Waals surface area contributed by atoms with Crippen LogP contribution in [0.2, 0.25) is 0 Å². The van der Waals surface area contributed by atoms with Crippen molar-refractivity contribution in [3.63, 3.8) is 0 Å². The fraction of sp³-hybridized carbons (Fsp3) is 0.538. The molecule has 0 radical (unpaired) electrons. The average molecular weight is 487 g/mol. The molecule has 1 aliphatic rings. The van der Waals surface area contributed by atoms with Gasteiger partial charge in [0, 0.05) is 38.8 Å². The lowest BCUT2D eigenvalue weighted by molar-refractivity contribution is -0.121. The Morgan fingerprint density at radius 2 is 1.59 bits per heavy atom. The second-order valence-electron chi connectivity index (χ2n) is 9.57. The third kappa shape index (κ3) is 5.96. The van der Waals surface area contributed by atoms with E-state index >= 15 is 0 Å². The van der Waals surface area contributed by atoms with Crippen LogP contribution in [0.5, 0.6) is 0 Å². The normalized spacial score (nSPS) is 14.9. The molecule has 0 atom stereocenters. The van der Waals surface area contributed by atoms with Crippen molar-refractivity contribution in [2.75, 3.05) is 24.5 Å². The van der Waals surface area contributed by atoms with E-state index in [2.05, 4.69) is 26.8 Å². The SMILES string of the molecule is Cc1c(C)c(C)c(S(=O)(=O)NCCC(=O)NCc2ccc(N3CCC(C)CC3)nc2)c(C)c1C. The third-order valence-electron chi connectivity index (χ3n) is 7.25. The molecule has 2 aromatic rings. The highest BCUT2D eigenvalue weighted by Gasteiger charge is 2.23. The Labute approximate surface area is 204 Å². The van der Waals surface area contributed by atoms with Crippen LogP contribution in [-0.2, 0) is 21.4 Å². The maximum atomic E-state index is 13.0. The highest BCUT2D eigenvalue weighted by atomic mass is 32.2. The fourth-order valence-corrected chi connectivity index (χ4v) is 6.10. The first-order valence-corrected chi connectivity index (χ1v) is 13.5. The number of piperidine rings is 1. The summed E-state index contributed by atoms with van der Waals surface area (Å²) in [6, 6.07) is 3.98. The van der Waals surface area contributed by atoms with Crippen LogP contribution in [0.3, 0.4) is 0 Å². The number of sulfonamides is 1. The van der Waals surface area contributed by atoms with Crippen LogP contribution in [0.15, 0.2) is 23.2 Å². The van der Waals surface area contributed by atoms with Crippen molar-refractivity contribution in [2.45, 2.75) is 72.2 Å². The number of nitrogens with one attached hydrogen (secondary N) is 2. The Kier molecular flexibility index (Phi) is 8.36. The molecule has 1 aromatic heterocycles. The zero-order chi connectivity index (χ0) is 25.0. The van der Waals surface area contributed by atoms with E-state index in [1.807, 2.05) is 46.8 Å². The maximum Gasteiger partial charge on any atom is 0.241 e. The van der Waals surface area contributed by atoms with Gasteiger partial charge in [-0.3, -0.25) is 4.79 Å². The predicted octanol–water partition coefficient (Wildman–Crippen LogP) is 3.84. The highest BCUT2D eigenvalue weighted by Crippen LogP contribution is 2.29. The Bertz CT molecular complexity index is 1110. The molecule has 2 N–H and O–H groups in total. The number of carbonyl (C=O) groups excluding carboxylic acids is 1. The van der Waals surface area contributed by atoms with Crippen molar-refractivity contribution in [3.05, 3.63) is 51.7 Å². The summed E-state index contributed by atoms with van der Waals surface area (Å²) in [7, 11) is -3.71. The standard InChI is InChI=1S/C26H38N4O3S/c1-17-10-13-30(14-11-17)24-8-7-23(15-27-24)16-28-25(31)9-12-29-34(32,33)26-21(5)19(3)18(2)20(4)22(26)6/h7-8,15,17,29H,9-14,16H2,1-6H3,(H,28,31). The number of aromatic nitrogens is 1. The maximum absolute atomic E-state index is 13.0. The van der Waals surface area contributed by atoms with Gasteiger partial charge in [-0.1, -0.05) is 13.0 Å². The van der Waals surface area contributed by atoms with E-state index in [9.17, 15) is 13.2 Å². The third-order valence-corrected chi connectivity index (χ3v) is 8.98. The molecule has 1 saturated heterocycles. The number of nitrogens with zero attached hydrogens (tertiary/aromatic N) is 2. The second-order valence-corrected chi connectivity index (χ2v) is 11.3. The van der Waals surface area contributed by atoms with Gasteiger partial charge in [-0.05, 0) is 92.8 Å². The Morgan fingerprint density at radius 1 is 1.00 bits per heavy atom. The van der Waals surface area contributed by atoms with E-state index in [1.165, 1.54) is 12.8 Å². The lowest BCUT2D eigenvalue weighted by Gasteiger charge is -2.31. The molecule has 0 aliphatic carbocycles. The lowest BCUT2D eigenvalue weighted by atomic mass is 9.95. The smallest absolute Gasteiger partial charge is 0.241 e. The number of benzene rings is 1. The topological polar surface area (TPSA) is 91.4 Å². The minimum absolute atomic E-state index is 0.0452. The summed E-state index contributed by atoms with van der Waals surface area (Å²) in [4.78, 5) is 19.5. The minimum Gasteiger partial charge on any atom is -0.357 e. The number of rotatable bonds is 8. The molecule has 1 aromatic carbocycles. The summed E-state index contributed by atoms with van der Waals surface area (Å²) in [5, 5.41) is 2.85. The van der Waals surface area contributed by atoms with Gasteiger partial charge in [-0.25, -0.2) is 18.1 Å². The number of hydrogen-bond donors (Lipinski definition) is 2. The number of amides is 1. The predicted molar refractivity (Wildman–Crippen MR) is 137 cm³/mol.